The minimum atomic E-state index is -0.144. The monoisotopic (exact) mass is 655 g/mol. The molecule has 10 rings (SSSR count). The van der Waals surface area contributed by atoms with Gasteiger partial charge in [0.25, 0.3) is 0 Å². The van der Waals surface area contributed by atoms with Crippen molar-refractivity contribution < 1.29 is 0 Å². The third-order valence-electron chi connectivity index (χ3n) is 12.6. The molecule has 7 aromatic rings. The highest BCUT2D eigenvalue weighted by molar-refractivity contribution is 5.90. The number of benzene rings is 6. The molecule has 6 aromatic carbocycles. The predicted octanol–water partition coefficient (Wildman–Crippen LogP) is 13.0. The quantitative estimate of drug-likeness (QED) is 0.185. The van der Waals surface area contributed by atoms with E-state index in [1.165, 1.54) is 94.6 Å². The third-order valence-corrected chi connectivity index (χ3v) is 12.6. The smallest absolute Gasteiger partial charge is 0.0780 e. The van der Waals surface area contributed by atoms with Crippen molar-refractivity contribution in [3.63, 3.8) is 0 Å². The van der Waals surface area contributed by atoms with Gasteiger partial charge in [-0.2, -0.15) is 0 Å². The van der Waals surface area contributed by atoms with Gasteiger partial charge in [0, 0.05) is 33.6 Å². The topological polar surface area (TPSA) is 12.9 Å². The van der Waals surface area contributed by atoms with Crippen LogP contribution in [0.25, 0.3) is 66.9 Å². The molecule has 0 spiro atoms. The van der Waals surface area contributed by atoms with Gasteiger partial charge in [0.2, 0.25) is 0 Å². The molecule has 0 unspecified atom stereocenters. The lowest BCUT2D eigenvalue weighted by Gasteiger charge is -2.24. The molecule has 3 aliphatic rings. The molecule has 0 radical (unpaired) electrons. The van der Waals surface area contributed by atoms with E-state index in [4.69, 9.17) is 4.98 Å². The summed E-state index contributed by atoms with van der Waals surface area (Å²) in [6.07, 6.45) is 1.93. The minimum absolute atomic E-state index is 0.0171. The zero-order valence-electron chi connectivity index (χ0n) is 30.2. The highest BCUT2D eigenvalue weighted by Gasteiger charge is 2.38. The van der Waals surface area contributed by atoms with Gasteiger partial charge in [0.15, 0.2) is 0 Å². The van der Waals surface area contributed by atoms with Crippen molar-refractivity contribution in [2.45, 2.75) is 57.8 Å². The van der Waals surface area contributed by atoms with Gasteiger partial charge in [0.05, 0.1) is 5.69 Å². The van der Waals surface area contributed by atoms with Crippen molar-refractivity contribution in [2.24, 2.45) is 0 Å². The van der Waals surface area contributed by atoms with Crippen molar-refractivity contribution in [3.8, 4) is 66.9 Å². The molecule has 0 saturated heterocycles. The summed E-state index contributed by atoms with van der Waals surface area (Å²) in [6.45, 7) is 14.2. The Kier molecular flexibility index (Phi) is 6.10. The van der Waals surface area contributed by atoms with Crippen LogP contribution in [-0.4, -0.2) is 4.98 Å². The van der Waals surface area contributed by atoms with Crippen LogP contribution in [0.1, 0.15) is 74.9 Å². The van der Waals surface area contributed by atoms with E-state index in [9.17, 15) is 0 Å². The van der Waals surface area contributed by atoms with Gasteiger partial charge in [-0.3, -0.25) is 4.98 Å². The number of hydrogen-bond acceptors (Lipinski definition) is 1. The van der Waals surface area contributed by atoms with E-state index in [2.05, 4.69) is 175 Å². The van der Waals surface area contributed by atoms with Gasteiger partial charge in [0.1, 0.15) is 0 Å². The molecule has 1 heteroatoms. The van der Waals surface area contributed by atoms with Crippen LogP contribution in [0.4, 0.5) is 0 Å². The average molecular weight is 656 g/mol. The fraction of sp³-hybridized carbons (Fsp3) is 0.180. The first kappa shape index (κ1) is 30.3. The maximum Gasteiger partial charge on any atom is 0.0780 e. The summed E-state index contributed by atoms with van der Waals surface area (Å²) in [7, 11) is 0. The zero-order chi connectivity index (χ0) is 34.9. The molecule has 0 atom stereocenters. The Morgan fingerprint density at radius 1 is 0.314 bits per heavy atom. The normalized spacial score (nSPS) is 16.1. The van der Waals surface area contributed by atoms with Crippen molar-refractivity contribution in [1.82, 2.24) is 4.98 Å². The number of aromatic nitrogens is 1. The summed E-state index contributed by atoms with van der Waals surface area (Å²) < 4.78 is 0. The molecule has 0 fully saturated rings. The fourth-order valence-corrected chi connectivity index (χ4v) is 9.69. The Hall–Kier alpha value is -5.53. The molecule has 1 aromatic heterocycles. The summed E-state index contributed by atoms with van der Waals surface area (Å²) in [5, 5.41) is 0. The minimum Gasteiger partial charge on any atom is -0.256 e. The number of pyridine rings is 1. The van der Waals surface area contributed by atoms with Gasteiger partial charge >= 0.3 is 0 Å². The van der Waals surface area contributed by atoms with E-state index >= 15 is 0 Å². The number of hydrogen-bond donors (Lipinski definition) is 0. The molecule has 0 bridgehead atoms. The Labute approximate surface area is 301 Å². The second kappa shape index (κ2) is 10.3. The summed E-state index contributed by atoms with van der Waals surface area (Å²) in [6, 6.07) is 50.3. The van der Waals surface area contributed by atoms with Gasteiger partial charge in [-0.1, -0.05) is 145 Å². The molecule has 0 aliphatic heterocycles. The summed E-state index contributed by atoms with van der Waals surface area (Å²) in [4.78, 5) is 5.01. The molecule has 1 nitrogen and oxygen atoms in total. The first-order chi connectivity index (χ1) is 24.5. The Morgan fingerprint density at radius 2 is 0.667 bits per heavy atom. The molecule has 0 N–H and O–H groups in total. The molecule has 0 saturated carbocycles. The summed E-state index contributed by atoms with van der Waals surface area (Å²) in [5.41, 5.74) is 23.4. The molecule has 0 amide bonds. The lowest BCUT2D eigenvalue weighted by Crippen LogP contribution is -2.15. The maximum absolute atomic E-state index is 5.01. The zero-order valence-corrected chi connectivity index (χ0v) is 30.2. The van der Waals surface area contributed by atoms with Crippen molar-refractivity contribution >= 4 is 0 Å². The van der Waals surface area contributed by atoms with E-state index in [1.807, 2.05) is 6.20 Å². The van der Waals surface area contributed by atoms with Crippen LogP contribution in [0.5, 0.6) is 0 Å². The highest BCUT2D eigenvalue weighted by Crippen LogP contribution is 2.54. The van der Waals surface area contributed by atoms with Crippen LogP contribution in [0.2, 0.25) is 0 Å². The Balaban J connectivity index is 1.03. The SMILES string of the molecule is CC1(C)c2ccccc2-c2ccc(-c3ccc4c(c3)C(C)(C)c3cc(-c5cccnc5-c5ccc6c(c5)C(C)(C)c5ccccc5-6)ccc3-4)cc21. The molecular formula is C50H41N. The number of nitrogens with zero attached hydrogens (tertiary/aromatic N) is 1. The summed E-state index contributed by atoms with van der Waals surface area (Å²) >= 11 is 0. The van der Waals surface area contributed by atoms with E-state index in [-0.39, 0.29) is 16.2 Å². The molecule has 1 heterocycles. The second-order valence-electron chi connectivity index (χ2n) is 16.4. The van der Waals surface area contributed by atoms with Crippen molar-refractivity contribution in [2.75, 3.05) is 0 Å². The summed E-state index contributed by atoms with van der Waals surface area (Å²) in [5.74, 6) is 0. The highest BCUT2D eigenvalue weighted by atomic mass is 14.7. The van der Waals surface area contributed by atoms with E-state index in [1.54, 1.807) is 0 Å². The van der Waals surface area contributed by atoms with Gasteiger partial charge < -0.3 is 0 Å². The van der Waals surface area contributed by atoms with Gasteiger partial charge in [-0.25, -0.2) is 0 Å². The van der Waals surface area contributed by atoms with Crippen LogP contribution in [0.15, 0.2) is 140 Å². The lowest BCUT2D eigenvalue weighted by molar-refractivity contribution is 0.659. The molecule has 51 heavy (non-hydrogen) atoms. The lowest BCUT2D eigenvalue weighted by atomic mass is 9.79. The van der Waals surface area contributed by atoms with E-state index in [0.29, 0.717) is 0 Å². The van der Waals surface area contributed by atoms with Crippen LogP contribution >= 0.6 is 0 Å². The van der Waals surface area contributed by atoms with Crippen molar-refractivity contribution in [3.05, 3.63) is 173 Å². The Bertz CT molecular complexity index is 2610. The molecule has 246 valence electrons. The molecule has 3 aliphatic carbocycles. The van der Waals surface area contributed by atoms with Crippen LogP contribution in [0, 0.1) is 0 Å². The standard InChI is InChI=1S/C50H41N/c1-48(2)41-15-9-7-12-35(41)37-21-17-30(26-43(37)48)31-18-22-39-40-23-19-32(28-45(40)50(5,6)44(39)27-31)34-14-11-25-51-47(34)33-20-24-38-36-13-8-10-16-42(36)49(3,4)46(38)29-33/h7-29H,1-6H3. The predicted molar refractivity (Wildman–Crippen MR) is 213 cm³/mol. The van der Waals surface area contributed by atoms with Crippen LogP contribution < -0.4 is 0 Å². The van der Waals surface area contributed by atoms with Crippen molar-refractivity contribution in [1.29, 1.82) is 0 Å². The fourth-order valence-electron chi connectivity index (χ4n) is 9.69. The van der Waals surface area contributed by atoms with Gasteiger partial charge in [-0.05, 0) is 114 Å². The Morgan fingerprint density at radius 3 is 1.18 bits per heavy atom. The van der Waals surface area contributed by atoms with E-state index in [0.717, 1.165) is 5.69 Å². The third kappa shape index (κ3) is 4.12. The van der Waals surface area contributed by atoms with E-state index < -0.39 is 0 Å². The van der Waals surface area contributed by atoms with Crippen LogP contribution in [-0.2, 0) is 16.2 Å². The maximum atomic E-state index is 5.01. The largest absolute Gasteiger partial charge is 0.256 e. The number of fused-ring (bicyclic) bond motifs is 9. The molecular weight excluding hydrogens is 615 g/mol. The average Bonchev–Trinajstić information content (AvgIpc) is 3.63. The van der Waals surface area contributed by atoms with Crippen LogP contribution in [0.3, 0.4) is 0 Å². The number of rotatable bonds is 3. The second-order valence-corrected chi connectivity index (χ2v) is 16.4. The first-order valence-electron chi connectivity index (χ1n) is 18.3. The first-order valence-corrected chi connectivity index (χ1v) is 18.3. The van der Waals surface area contributed by atoms with Gasteiger partial charge in [-0.15, -0.1) is 0 Å².